The fourth-order valence-corrected chi connectivity index (χ4v) is 4.19. The highest BCUT2D eigenvalue weighted by Gasteiger charge is 2.47. The summed E-state index contributed by atoms with van der Waals surface area (Å²) in [6.07, 6.45) is 2.43. The van der Waals surface area contributed by atoms with Gasteiger partial charge in [-0.1, -0.05) is 13.3 Å². The first kappa shape index (κ1) is 18.9. The fourth-order valence-electron chi connectivity index (χ4n) is 3.45. The molecule has 0 bridgehead atoms. The van der Waals surface area contributed by atoms with Gasteiger partial charge in [0.2, 0.25) is 0 Å². The number of hydrogen-bond donors (Lipinski definition) is 2. The molecule has 9 heteroatoms. The summed E-state index contributed by atoms with van der Waals surface area (Å²) < 4.78 is 7.65. The molecule has 26 heavy (non-hydrogen) atoms. The third-order valence-corrected chi connectivity index (χ3v) is 5.92. The number of piperidine rings is 1. The largest absolute Gasteiger partial charge is 0.481 e. The summed E-state index contributed by atoms with van der Waals surface area (Å²) in [5.74, 6) is -0.118. The van der Waals surface area contributed by atoms with Gasteiger partial charge in [-0.25, -0.2) is 0 Å². The molecule has 0 saturated carbocycles. The van der Waals surface area contributed by atoms with Crippen molar-refractivity contribution in [2.24, 2.45) is 12.5 Å². The molecule has 1 fully saturated rings. The minimum atomic E-state index is -1.03. The standard InChI is InChI=1S/C17H24N4O4S/c1-3-6-17(15(23)24)7-8-21(10-13(17)22)9-12-4-5-14(25-12)26-16-19-18-11-20(16)2/h4-5,11,13,22H,3,6-10H2,1-2H3,(H,23,24)/t13-,17+/m1/s1. The van der Waals surface area contributed by atoms with Gasteiger partial charge in [-0.3, -0.25) is 9.69 Å². The lowest BCUT2D eigenvalue weighted by Crippen LogP contribution is -2.54. The first-order valence-electron chi connectivity index (χ1n) is 8.69. The zero-order valence-electron chi connectivity index (χ0n) is 15.0. The maximum atomic E-state index is 11.7. The summed E-state index contributed by atoms with van der Waals surface area (Å²) in [5, 5.41) is 29.4. The van der Waals surface area contributed by atoms with E-state index in [0.717, 1.165) is 22.4 Å². The monoisotopic (exact) mass is 380 g/mol. The quantitative estimate of drug-likeness (QED) is 0.751. The Kier molecular flexibility index (Phi) is 5.69. The van der Waals surface area contributed by atoms with E-state index in [4.69, 9.17) is 4.42 Å². The van der Waals surface area contributed by atoms with Gasteiger partial charge < -0.3 is 19.2 Å². The number of carboxylic acids is 1. The molecule has 2 aromatic rings. The molecule has 0 aliphatic carbocycles. The Hall–Kier alpha value is -1.84. The van der Waals surface area contributed by atoms with Crippen LogP contribution < -0.4 is 0 Å². The number of hydrogen-bond acceptors (Lipinski definition) is 7. The van der Waals surface area contributed by atoms with Crippen LogP contribution in [0.25, 0.3) is 0 Å². The van der Waals surface area contributed by atoms with E-state index in [9.17, 15) is 15.0 Å². The summed E-state index contributed by atoms with van der Waals surface area (Å²) in [7, 11) is 1.87. The van der Waals surface area contributed by atoms with E-state index >= 15 is 0 Å². The first-order valence-corrected chi connectivity index (χ1v) is 9.50. The molecule has 1 aliphatic rings. The highest BCUT2D eigenvalue weighted by Crippen LogP contribution is 2.37. The van der Waals surface area contributed by atoms with E-state index in [1.165, 1.54) is 11.8 Å². The van der Waals surface area contributed by atoms with Crippen LogP contribution in [0.2, 0.25) is 0 Å². The lowest BCUT2D eigenvalue weighted by atomic mass is 9.73. The van der Waals surface area contributed by atoms with Gasteiger partial charge in [-0.05, 0) is 43.3 Å². The molecule has 0 amide bonds. The zero-order valence-corrected chi connectivity index (χ0v) is 15.8. The highest BCUT2D eigenvalue weighted by molar-refractivity contribution is 7.99. The third-order valence-electron chi connectivity index (χ3n) is 4.94. The average Bonchev–Trinajstić information content (AvgIpc) is 3.20. The summed E-state index contributed by atoms with van der Waals surface area (Å²) >= 11 is 1.39. The average molecular weight is 380 g/mol. The molecule has 0 radical (unpaired) electrons. The minimum absolute atomic E-state index is 0.332. The van der Waals surface area contributed by atoms with E-state index in [2.05, 4.69) is 10.2 Å². The molecule has 2 aromatic heterocycles. The van der Waals surface area contributed by atoms with Crippen LogP contribution >= 0.6 is 11.8 Å². The maximum absolute atomic E-state index is 11.7. The molecular weight excluding hydrogens is 356 g/mol. The number of carbonyl (C=O) groups is 1. The summed E-state index contributed by atoms with van der Waals surface area (Å²) in [4.78, 5) is 13.7. The number of aryl methyl sites for hydroxylation is 1. The van der Waals surface area contributed by atoms with Gasteiger partial charge in [0.05, 0.1) is 18.1 Å². The van der Waals surface area contributed by atoms with Crippen molar-refractivity contribution in [1.29, 1.82) is 0 Å². The lowest BCUT2D eigenvalue weighted by molar-refractivity contribution is -0.164. The van der Waals surface area contributed by atoms with Crippen molar-refractivity contribution in [2.45, 2.75) is 49.1 Å². The molecule has 8 nitrogen and oxygen atoms in total. The van der Waals surface area contributed by atoms with Gasteiger partial charge in [0.25, 0.3) is 0 Å². The Morgan fingerprint density at radius 1 is 1.50 bits per heavy atom. The summed E-state index contributed by atoms with van der Waals surface area (Å²) in [6, 6.07) is 3.78. The Labute approximate surface area is 156 Å². The van der Waals surface area contributed by atoms with E-state index in [1.54, 1.807) is 6.33 Å². The SMILES string of the molecule is CCC[C@]1(C(=O)O)CCN(Cc2ccc(Sc3nncn3C)o2)C[C@H]1O. The van der Waals surface area contributed by atoms with E-state index in [1.807, 2.05) is 35.6 Å². The molecule has 2 N–H and O–H groups in total. The molecule has 1 saturated heterocycles. The second-order valence-corrected chi connectivity index (χ2v) is 7.73. The van der Waals surface area contributed by atoms with Gasteiger partial charge in [0, 0.05) is 13.6 Å². The summed E-state index contributed by atoms with van der Waals surface area (Å²) in [6.45, 7) is 3.44. The second-order valence-electron chi connectivity index (χ2n) is 6.76. The Morgan fingerprint density at radius 2 is 2.31 bits per heavy atom. The zero-order chi connectivity index (χ0) is 18.7. The molecule has 2 atom stereocenters. The van der Waals surface area contributed by atoms with E-state index < -0.39 is 17.5 Å². The van der Waals surface area contributed by atoms with Crippen molar-refractivity contribution in [2.75, 3.05) is 13.1 Å². The van der Waals surface area contributed by atoms with Crippen LogP contribution in [0.4, 0.5) is 0 Å². The van der Waals surface area contributed by atoms with Crippen LogP contribution in [0.5, 0.6) is 0 Å². The third kappa shape index (κ3) is 3.79. The van der Waals surface area contributed by atoms with Crippen molar-refractivity contribution >= 4 is 17.7 Å². The van der Waals surface area contributed by atoms with Crippen LogP contribution in [-0.4, -0.2) is 55.0 Å². The van der Waals surface area contributed by atoms with Crippen LogP contribution in [0.3, 0.4) is 0 Å². The number of rotatable bonds is 7. The normalized spacial score (nSPS) is 24.0. The smallest absolute Gasteiger partial charge is 0.312 e. The van der Waals surface area contributed by atoms with Crippen LogP contribution in [0, 0.1) is 5.41 Å². The Balaban J connectivity index is 1.61. The van der Waals surface area contributed by atoms with Gasteiger partial charge in [0.1, 0.15) is 12.1 Å². The molecule has 0 spiro atoms. The van der Waals surface area contributed by atoms with Gasteiger partial charge in [-0.2, -0.15) is 0 Å². The van der Waals surface area contributed by atoms with Crippen molar-refractivity contribution in [1.82, 2.24) is 19.7 Å². The van der Waals surface area contributed by atoms with E-state index in [0.29, 0.717) is 32.5 Å². The predicted molar refractivity (Wildman–Crippen MR) is 94.7 cm³/mol. The molecule has 0 unspecified atom stereocenters. The van der Waals surface area contributed by atoms with Crippen LogP contribution in [-0.2, 0) is 18.4 Å². The van der Waals surface area contributed by atoms with Crippen molar-refractivity contribution < 1.29 is 19.4 Å². The van der Waals surface area contributed by atoms with Crippen LogP contribution in [0.1, 0.15) is 31.9 Å². The lowest BCUT2D eigenvalue weighted by Gasteiger charge is -2.42. The van der Waals surface area contributed by atoms with Gasteiger partial charge in [0.15, 0.2) is 10.2 Å². The maximum Gasteiger partial charge on any atom is 0.312 e. The molecule has 142 valence electrons. The number of aliphatic carboxylic acids is 1. The number of carboxylic acid groups (broad SMARTS) is 1. The molecular formula is C17H24N4O4S. The number of nitrogens with zero attached hydrogens (tertiary/aromatic N) is 4. The molecule has 3 heterocycles. The van der Waals surface area contributed by atoms with Gasteiger partial charge >= 0.3 is 5.97 Å². The van der Waals surface area contributed by atoms with Crippen molar-refractivity contribution in [3.63, 3.8) is 0 Å². The molecule has 3 rings (SSSR count). The highest BCUT2D eigenvalue weighted by atomic mass is 32.2. The topological polar surface area (TPSA) is 105 Å². The van der Waals surface area contributed by atoms with Gasteiger partial charge in [-0.15, -0.1) is 10.2 Å². The van der Waals surface area contributed by atoms with E-state index in [-0.39, 0.29) is 0 Å². The number of likely N-dealkylation sites (tertiary alicyclic amines) is 1. The predicted octanol–water partition coefficient (Wildman–Crippen LogP) is 2.00. The summed E-state index contributed by atoms with van der Waals surface area (Å²) in [5.41, 5.74) is -1.03. The van der Waals surface area contributed by atoms with Crippen LogP contribution in [0.15, 0.2) is 33.1 Å². The number of aromatic nitrogens is 3. The Bertz CT molecular complexity index is 762. The number of aliphatic hydroxyl groups excluding tert-OH is 1. The fraction of sp³-hybridized carbons (Fsp3) is 0.588. The number of β-amino-alcohol motifs (C(OH)–C–C–N with tert-alkyl or cyclic N) is 1. The molecule has 1 aliphatic heterocycles. The first-order chi connectivity index (χ1) is 12.4. The van der Waals surface area contributed by atoms with Crippen molar-refractivity contribution in [3.8, 4) is 0 Å². The van der Waals surface area contributed by atoms with Crippen molar-refractivity contribution in [3.05, 3.63) is 24.2 Å². The number of furan rings is 1. The molecule has 0 aromatic carbocycles. The Morgan fingerprint density at radius 3 is 2.92 bits per heavy atom. The minimum Gasteiger partial charge on any atom is -0.481 e. The number of aliphatic hydroxyl groups is 1. The second kappa shape index (κ2) is 7.81.